The van der Waals surface area contributed by atoms with Crippen molar-refractivity contribution in [3.63, 3.8) is 0 Å². The number of hydrogen-bond donors (Lipinski definition) is 0. The molecular weight excluding hydrogens is 221 g/mol. The number of hydrogen-bond acceptors (Lipinski definition) is 3. The van der Waals surface area contributed by atoms with Crippen LogP contribution in [0.15, 0.2) is 29.2 Å². The Kier molecular flexibility index (Phi) is 3.12. The molecule has 1 aromatic rings. The summed E-state index contributed by atoms with van der Waals surface area (Å²) in [5.74, 6) is -0.452. The summed E-state index contributed by atoms with van der Waals surface area (Å²) in [6.45, 7) is 0. The Morgan fingerprint density at radius 1 is 1.21 bits per heavy atom. The van der Waals surface area contributed by atoms with Crippen LogP contribution in [0.1, 0.15) is 0 Å². The van der Waals surface area contributed by atoms with E-state index in [2.05, 4.69) is 4.74 Å². The van der Waals surface area contributed by atoms with Crippen LogP contribution in [0.2, 0.25) is 0 Å². The summed E-state index contributed by atoms with van der Waals surface area (Å²) in [4.78, 5) is -0.0977. The van der Waals surface area contributed by atoms with E-state index >= 15 is 0 Å². The van der Waals surface area contributed by atoms with Crippen molar-refractivity contribution in [3.8, 4) is 5.75 Å². The molecule has 1 rings (SSSR count). The highest BCUT2D eigenvalue weighted by molar-refractivity contribution is 7.79. The predicted octanol–water partition coefficient (Wildman–Crippen LogP) is 1.82. The number of benzene rings is 1. The van der Waals surface area contributed by atoms with E-state index in [1.54, 1.807) is 0 Å². The Hall–Kier alpha value is -1.08. The first-order chi connectivity index (χ1) is 6.38. The Balaban J connectivity index is 2.79. The SMILES string of the molecule is O=S([O-])c1ccc(OC(F)(F)F)cc1. The Labute approximate surface area is 79.8 Å². The summed E-state index contributed by atoms with van der Waals surface area (Å²) >= 11 is -2.45. The Bertz CT molecular complexity index is 333. The van der Waals surface area contributed by atoms with Gasteiger partial charge < -0.3 is 9.29 Å². The third-order valence-electron chi connectivity index (χ3n) is 1.25. The minimum atomic E-state index is -4.77. The molecule has 0 aliphatic heterocycles. The van der Waals surface area contributed by atoms with E-state index in [0.717, 1.165) is 24.3 Å². The maximum absolute atomic E-state index is 11.7. The summed E-state index contributed by atoms with van der Waals surface area (Å²) in [5, 5.41) is 0. The van der Waals surface area contributed by atoms with Crippen LogP contribution in [-0.2, 0) is 11.1 Å². The van der Waals surface area contributed by atoms with Crippen LogP contribution < -0.4 is 4.74 Å². The molecule has 0 saturated carbocycles. The molecule has 0 aliphatic carbocycles. The molecule has 0 spiro atoms. The molecule has 0 heterocycles. The van der Waals surface area contributed by atoms with Gasteiger partial charge in [-0.05, 0) is 35.3 Å². The molecule has 0 bridgehead atoms. The van der Waals surface area contributed by atoms with Crippen LogP contribution in [0.25, 0.3) is 0 Å². The third-order valence-corrected chi connectivity index (χ3v) is 1.91. The Morgan fingerprint density at radius 2 is 1.71 bits per heavy atom. The largest absolute Gasteiger partial charge is 0.768 e. The summed E-state index contributed by atoms with van der Waals surface area (Å²) in [7, 11) is 0. The van der Waals surface area contributed by atoms with Gasteiger partial charge in [0.05, 0.1) is 0 Å². The fraction of sp³-hybridized carbons (Fsp3) is 0.143. The average molecular weight is 225 g/mol. The quantitative estimate of drug-likeness (QED) is 0.721. The van der Waals surface area contributed by atoms with Crippen LogP contribution in [0.5, 0.6) is 5.75 Å². The van der Waals surface area contributed by atoms with Gasteiger partial charge in [0.15, 0.2) is 0 Å². The lowest BCUT2D eigenvalue weighted by molar-refractivity contribution is -0.274. The first-order valence-electron chi connectivity index (χ1n) is 3.33. The molecule has 0 amide bonds. The van der Waals surface area contributed by atoms with Gasteiger partial charge in [-0.3, -0.25) is 4.21 Å². The molecule has 0 N–H and O–H groups in total. The second-order valence-corrected chi connectivity index (χ2v) is 3.19. The number of ether oxygens (including phenoxy) is 1. The highest BCUT2D eigenvalue weighted by atomic mass is 32.2. The summed E-state index contributed by atoms with van der Waals surface area (Å²) in [6, 6.07) is 3.89. The monoisotopic (exact) mass is 225 g/mol. The molecule has 0 aromatic heterocycles. The smallest absolute Gasteiger partial charge is 0.573 e. The molecule has 0 saturated heterocycles. The molecule has 1 atom stereocenters. The van der Waals surface area contributed by atoms with Gasteiger partial charge in [0, 0.05) is 4.90 Å². The van der Waals surface area contributed by atoms with Crippen LogP contribution in [0.3, 0.4) is 0 Å². The van der Waals surface area contributed by atoms with Crippen molar-refractivity contribution in [1.82, 2.24) is 0 Å². The molecule has 0 aliphatic rings. The zero-order valence-corrected chi connectivity index (χ0v) is 7.39. The summed E-state index contributed by atoms with van der Waals surface area (Å²) in [5.41, 5.74) is 0. The molecular formula is C7H4F3O3S-. The second kappa shape index (κ2) is 3.97. The van der Waals surface area contributed by atoms with Crippen molar-refractivity contribution >= 4 is 11.1 Å². The highest BCUT2D eigenvalue weighted by Crippen LogP contribution is 2.23. The van der Waals surface area contributed by atoms with Gasteiger partial charge in [-0.2, -0.15) is 0 Å². The minimum Gasteiger partial charge on any atom is -0.768 e. The first-order valence-corrected chi connectivity index (χ1v) is 4.41. The molecule has 14 heavy (non-hydrogen) atoms. The first kappa shape index (κ1) is 11.0. The maximum Gasteiger partial charge on any atom is 0.573 e. The molecule has 0 radical (unpaired) electrons. The normalized spacial score (nSPS) is 13.7. The van der Waals surface area contributed by atoms with E-state index in [-0.39, 0.29) is 4.90 Å². The average Bonchev–Trinajstić information content (AvgIpc) is 2.02. The van der Waals surface area contributed by atoms with E-state index in [9.17, 15) is 21.9 Å². The van der Waals surface area contributed by atoms with Crippen LogP contribution in [0.4, 0.5) is 13.2 Å². The second-order valence-electron chi connectivity index (χ2n) is 2.25. The fourth-order valence-corrected chi connectivity index (χ4v) is 1.11. The van der Waals surface area contributed by atoms with Crippen LogP contribution >= 0.6 is 0 Å². The molecule has 3 nitrogen and oxygen atoms in total. The van der Waals surface area contributed by atoms with Crippen molar-refractivity contribution in [1.29, 1.82) is 0 Å². The van der Waals surface area contributed by atoms with Crippen molar-refractivity contribution < 1.29 is 26.7 Å². The maximum atomic E-state index is 11.7. The van der Waals surface area contributed by atoms with Crippen molar-refractivity contribution in [3.05, 3.63) is 24.3 Å². The molecule has 0 fully saturated rings. The van der Waals surface area contributed by atoms with Crippen LogP contribution in [0, 0.1) is 0 Å². The van der Waals surface area contributed by atoms with Gasteiger partial charge >= 0.3 is 6.36 Å². The van der Waals surface area contributed by atoms with Gasteiger partial charge in [-0.15, -0.1) is 13.2 Å². The zero-order chi connectivity index (χ0) is 10.8. The van der Waals surface area contributed by atoms with E-state index in [4.69, 9.17) is 0 Å². The van der Waals surface area contributed by atoms with Crippen molar-refractivity contribution in [2.24, 2.45) is 0 Å². The summed E-state index contributed by atoms with van der Waals surface area (Å²) < 4.78 is 59.2. The lowest BCUT2D eigenvalue weighted by Crippen LogP contribution is -2.17. The number of halogens is 3. The summed E-state index contributed by atoms with van der Waals surface area (Å²) in [6.07, 6.45) is -4.77. The van der Waals surface area contributed by atoms with E-state index < -0.39 is 23.2 Å². The fourth-order valence-electron chi connectivity index (χ4n) is 0.752. The predicted molar refractivity (Wildman–Crippen MR) is 40.3 cm³/mol. The zero-order valence-electron chi connectivity index (χ0n) is 6.58. The number of alkyl halides is 3. The molecule has 1 unspecified atom stereocenters. The Morgan fingerprint density at radius 3 is 2.07 bits per heavy atom. The topological polar surface area (TPSA) is 49.4 Å². The highest BCUT2D eigenvalue weighted by Gasteiger charge is 2.30. The van der Waals surface area contributed by atoms with Crippen molar-refractivity contribution in [2.45, 2.75) is 11.3 Å². The third kappa shape index (κ3) is 3.35. The van der Waals surface area contributed by atoms with Crippen molar-refractivity contribution in [2.75, 3.05) is 0 Å². The van der Waals surface area contributed by atoms with Crippen LogP contribution in [-0.4, -0.2) is 15.1 Å². The van der Waals surface area contributed by atoms with Gasteiger partial charge in [0.25, 0.3) is 0 Å². The molecule has 1 aromatic carbocycles. The van der Waals surface area contributed by atoms with E-state index in [1.165, 1.54) is 0 Å². The van der Waals surface area contributed by atoms with Gasteiger partial charge in [0.1, 0.15) is 5.75 Å². The molecule has 78 valence electrons. The lowest BCUT2D eigenvalue weighted by Gasteiger charge is -2.09. The minimum absolute atomic E-state index is 0.0977. The number of rotatable bonds is 2. The lowest BCUT2D eigenvalue weighted by atomic mass is 10.3. The van der Waals surface area contributed by atoms with Gasteiger partial charge in [-0.25, -0.2) is 0 Å². The standard InChI is InChI=1S/C7H5F3O3S/c8-7(9,10)13-5-1-3-6(4-2-5)14(11)12/h1-4H,(H,11,12)/p-1. The van der Waals surface area contributed by atoms with Gasteiger partial charge in [-0.1, -0.05) is 0 Å². The van der Waals surface area contributed by atoms with Gasteiger partial charge in [0.2, 0.25) is 0 Å². The van der Waals surface area contributed by atoms with E-state index in [1.807, 2.05) is 0 Å². The molecule has 7 heteroatoms. The van der Waals surface area contributed by atoms with E-state index in [0.29, 0.717) is 0 Å².